The molecule has 1 aromatic heterocycles. The highest BCUT2D eigenvalue weighted by Crippen LogP contribution is 2.35. The molecule has 1 aliphatic rings. The minimum atomic E-state index is -2.07. The fraction of sp³-hybridized carbons (Fsp3) is 0.500. The summed E-state index contributed by atoms with van der Waals surface area (Å²) in [4.78, 5) is 25.0. The number of nitrogens with zero attached hydrogens (tertiary/aromatic N) is 1. The van der Waals surface area contributed by atoms with Crippen LogP contribution in [0.4, 0.5) is 0 Å². The summed E-state index contributed by atoms with van der Waals surface area (Å²) in [5.41, 5.74) is -1.53. The lowest BCUT2D eigenvalue weighted by atomic mass is 10.1. The lowest BCUT2D eigenvalue weighted by Crippen LogP contribution is -2.53. The van der Waals surface area contributed by atoms with Crippen LogP contribution in [0.3, 0.4) is 0 Å². The van der Waals surface area contributed by atoms with Gasteiger partial charge in [-0.1, -0.05) is 6.08 Å². The van der Waals surface area contributed by atoms with E-state index in [-0.39, 0.29) is 6.61 Å². The minimum Gasteiger partial charge on any atom is -0.394 e. The first-order valence-electron chi connectivity index (χ1n) is 6.18. The first-order valence-corrected chi connectivity index (χ1v) is 6.18. The van der Waals surface area contributed by atoms with E-state index < -0.39 is 42.1 Å². The highest BCUT2D eigenvalue weighted by atomic mass is 16.7. The average Bonchev–Trinajstić information content (AvgIpc) is 2.70. The first-order chi connectivity index (χ1) is 9.96. The van der Waals surface area contributed by atoms with E-state index in [0.717, 1.165) is 16.8 Å². The normalized spacial score (nSPS) is 32.2. The van der Waals surface area contributed by atoms with Gasteiger partial charge in [0.25, 0.3) is 11.5 Å². The van der Waals surface area contributed by atoms with Crippen LogP contribution in [0.25, 0.3) is 0 Å². The molecule has 0 aromatic carbocycles. The summed E-state index contributed by atoms with van der Waals surface area (Å²) in [6, 6.07) is 1.04. The molecular formula is C12H16N2O7. The molecule has 0 amide bonds. The zero-order chi connectivity index (χ0) is 15.6. The van der Waals surface area contributed by atoms with Crippen LogP contribution in [0.15, 0.2) is 34.5 Å². The Morgan fingerprint density at radius 1 is 1.52 bits per heavy atom. The molecule has 2 rings (SSSR count). The Morgan fingerprint density at radius 2 is 2.24 bits per heavy atom. The van der Waals surface area contributed by atoms with Crippen molar-refractivity contribution in [1.82, 2.24) is 9.55 Å². The predicted octanol–water partition coefficient (Wildman–Crippen LogP) is -2.54. The molecule has 1 fully saturated rings. The highest BCUT2D eigenvalue weighted by molar-refractivity contribution is 4.98. The number of hydrogen-bond acceptors (Lipinski definition) is 7. The second kappa shape index (κ2) is 5.92. The Labute approximate surface area is 118 Å². The second-order valence-electron chi connectivity index (χ2n) is 4.48. The van der Waals surface area contributed by atoms with Crippen molar-refractivity contribution in [2.45, 2.75) is 24.2 Å². The summed E-state index contributed by atoms with van der Waals surface area (Å²) < 4.78 is 11.5. The molecule has 0 aliphatic carbocycles. The highest BCUT2D eigenvalue weighted by Gasteiger charge is 2.57. The molecule has 4 N–H and O–H groups in total. The third kappa shape index (κ3) is 2.57. The fourth-order valence-corrected chi connectivity index (χ4v) is 2.15. The Hall–Kier alpha value is -1.78. The van der Waals surface area contributed by atoms with Crippen molar-refractivity contribution in [3.63, 3.8) is 0 Å². The maximum absolute atomic E-state index is 11.9. The van der Waals surface area contributed by atoms with Gasteiger partial charge in [0.2, 0.25) is 0 Å². The predicted molar refractivity (Wildman–Crippen MR) is 69.4 cm³/mol. The summed E-state index contributed by atoms with van der Waals surface area (Å²) in [5, 5.41) is 29.2. The van der Waals surface area contributed by atoms with Gasteiger partial charge in [-0.3, -0.25) is 9.78 Å². The summed E-state index contributed by atoms with van der Waals surface area (Å²) in [6.07, 6.45) is -1.85. The number of aromatic amines is 1. The molecule has 2 heterocycles. The molecule has 1 aliphatic heterocycles. The standard InChI is InChI=1S/C12H16N2O7/c1-2-5-20-12(10(18)9(17)7(6-15)21-12)14-4-3-8(16)13-11(14)19/h2-4,7,9-10,15,17-18H,1,5-6H2,(H,13,16,19)/t7-,9-,10-,12-/m1/s1. The van der Waals surface area contributed by atoms with E-state index in [1.807, 2.05) is 4.98 Å². The zero-order valence-corrected chi connectivity index (χ0v) is 11.0. The van der Waals surface area contributed by atoms with Crippen LogP contribution < -0.4 is 11.2 Å². The van der Waals surface area contributed by atoms with Gasteiger partial charge in [-0.05, 0) is 0 Å². The van der Waals surface area contributed by atoms with E-state index in [2.05, 4.69) is 6.58 Å². The molecule has 0 spiro atoms. The van der Waals surface area contributed by atoms with Gasteiger partial charge >= 0.3 is 5.69 Å². The molecule has 1 saturated heterocycles. The number of H-pyrrole nitrogens is 1. The van der Waals surface area contributed by atoms with Crippen LogP contribution in [0.1, 0.15) is 0 Å². The molecule has 9 heteroatoms. The van der Waals surface area contributed by atoms with E-state index in [1.165, 1.54) is 6.08 Å². The van der Waals surface area contributed by atoms with Gasteiger partial charge in [0.1, 0.15) is 12.2 Å². The van der Waals surface area contributed by atoms with Gasteiger partial charge in [0.05, 0.1) is 13.2 Å². The summed E-state index contributed by atoms with van der Waals surface area (Å²) in [6.45, 7) is 2.76. The van der Waals surface area contributed by atoms with Crippen molar-refractivity contribution in [3.05, 3.63) is 45.8 Å². The molecule has 0 radical (unpaired) electrons. The van der Waals surface area contributed by atoms with E-state index in [1.54, 1.807) is 0 Å². The summed E-state index contributed by atoms with van der Waals surface area (Å²) >= 11 is 0. The number of aliphatic hydroxyl groups excluding tert-OH is 3. The molecule has 116 valence electrons. The van der Waals surface area contributed by atoms with E-state index in [9.17, 15) is 19.8 Å². The molecule has 9 nitrogen and oxygen atoms in total. The molecule has 21 heavy (non-hydrogen) atoms. The van der Waals surface area contributed by atoms with Gasteiger partial charge in [0, 0.05) is 12.3 Å². The zero-order valence-electron chi connectivity index (χ0n) is 11.0. The van der Waals surface area contributed by atoms with Crippen LogP contribution >= 0.6 is 0 Å². The fourth-order valence-electron chi connectivity index (χ4n) is 2.15. The van der Waals surface area contributed by atoms with E-state index in [4.69, 9.17) is 14.6 Å². The number of nitrogens with one attached hydrogen (secondary N) is 1. The molecule has 1 aromatic rings. The number of aromatic nitrogens is 2. The minimum absolute atomic E-state index is 0.104. The molecule has 0 saturated carbocycles. The van der Waals surface area contributed by atoms with Crippen molar-refractivity contribution in [1.29, 1.82) is 0 Å². The number of aliphatic hydroxyl groups is 3. The monoisotopic (exact) mass is 300 g/mol. The maximum atomic E-state index is 11.9. The maximum Gasteiger partial charge on any atom is 0.332 e. The lowest BCUT2D eigenvalue weighted by molar-refractivity contribution is -0.313. The van der Waals surface area contributed by atoms with Crippen molar-refractivity contribution in [3.8, 4) is 0 Å². The lowest BCUT2D eigenvalue weighted by Gasteiger charge is -2.32. The van der Waals surface area contributed by atoms with E-state index in [0.29, 0.717) is 0 Å². The summed E-state index contributed by atoms with van der Waals surface area (Å²) in [7, 11) is 0. The van der Waals surface area contributed by atoms with Crippen LogP contribution in [-0.2, 0) is 15.4 Å². The van der Waals surface area contributed by atoms with Crippen molar-refractivity contribution in [2.75, 3.05) is 13.2 Å². The second-order valence-corrected chi connectivity index (χ2v) is 4.48. The van der Waals surface area contributed by atoms with Gasteiger partial charge in [-0.15, -0.1) is 6.58 Å². The third-order valence-electron chi connectivity index (χ3n) is 3.15. The Morgan fingerprint density at radius 3 is 2.76 bits per heavy atom. The first kappa shape index (κ1) is 15.6. The van der Waals surface area contributed by atoms with Crippen LogP contribution in [-0.4, -0.2) is 56.4 Å². The van der Waals surface area contributed by atoms with E-state index >= 15 is 0 Å². The van der Waals surface area contributed by atoms with Gasteiger partial charge in [0.15, 0.2) is 6.10 Å². The van der Waals surface area contributed by atoms with Gasteiger partial charge in [-0.25, -0.2) is 9.36 Å². The summed E-state index contributed by atoms with van der Waals surface area (Å²) in [5.74, 6) is -2.07. The number of ether oxygens (including phenoxy) is 2. The Balaban J connectivity index is 2.54. The SMILES string of the molecule is C=CCO[C@@]1(n2ccc(=O)[nH]c2=O)O[C@H](CO)[C@@H](O)[C@H]1O. The molecular weight excluding hydrogens is 284 g/mol. The number of hydrogen-bond donors (Lipinski definition) is 4. The van der Waals surface area contributed by atoms with Gasteiger partial charge < -0.3 is 24.8 Å². The number of rotatable bonds is 5. The van der Waals surface area contributed by atoms with Crippen molar-refractivity contribution in [2.24, 2.45) is 0 Å². The largest absolute Gasteiger partial charge is 0.394 e. The van der Waals surface area contributed by atoms with Crippen molar-refractivity contribution < 1.29 is 24.8 Å². The molecule has 0 unspecified atom stereocenters. The quantitative estimate of drug-likeness (QED) is 0.440. The third-order valence-corrected chi connectivity index (χ3v) is 3.15. The Bertz CT molecular complexity index is 625. The Kier molecular flexibility index (Phi) is 4.40. The smallest absolute Gasteiger partial charge is 0.332 e. The molecule has 4 atom stereocenters. The van der Waals surface area contributed by atoms with Crippen LogP contribution in [0.5, 0.6) is 0 Å². The average molecular weight is 300 g/mol. The topological polar surface area (TPSA) is 134 Å². The van der Waals surface area contributed by atoms with Gasteiger partial charge in [-0.2, -0.15) is 0 Å². The van der Waals surface area contributed by atoms with Crippen molar-refractivity contribution >= 4 is 0 Å². The van der Waals surface area contributed by atoms with Crippen LogP contribution in [0, 0.1) is 0 Å². The van der Waals surface area contributed by atoms with Crippen LogP contribution in [0.2, 0.25) is 0 Å². The molecule has 0 bridgehead atoms.